The summed E-state index contributed by atoms with van der Waals surface area (Å²) in [5.74, 6) is -1.81. The van der Waals surface area contributed by atoms with E-state index >= 15 is 0 Å². The van der Waals surface area contributed by atoms with Crippen LogP contribution in [0.15, 0.2) is 0 Å². The molecule has 6 N–H and O–H groups in total. The van der Waals surface area contributed by atoms with Crippen LogP contribution >= 0.6 is 11.8 Å². The van der Waals surface area contributed by atoms with E-state index < -0.39 is 42.0 Å². The van der Waals surface area contributed by atoms with Gasteiger partial charge in [0.1, 0.15) is 6.04 Å². The van der Waals surface area contributed by atoms with Crippen molar-refractivity contribution in [3.8, 4) is 0 Å². The van der Waals surface area contributed by atoms with Gasteiger partial charge in [-0.25, -0.2) is 4.79 Å². The van der Waals surface area contributed by atoms with Crippen molar-refractivity contribution in [1.29, 1.82) is 0 Å². The summed E-state index contributed by atoms with van der Waals surface area (Å²) < 4.78 is 0. The number of carboxylic acids is 1. The molecular formula is C12H23N3O5S. The van der Waals surface area contributed by atoms with Crippen molar-refractivity contribution in [1.82, 2.24) is 10.6 Å². The number of carboxylic acid groups (broad SMARTS) is 1. The van der Waals surface area contributed by atoms with Gasteiger partial charge in [-0.2, -0.15) is 11.8 Å². The topological polar surface area (TPSA) is 142 Å². The zero-order chi connectivity index (χ0) is 16.6. The molecule has 8 nitrogen and oxygen atoms in total. The predicted molar refractivity (Wildman–Crippen MR) is 79.8 cm³/mol. The Labute approximate surface area is 127 Å². The van der Waals surface area contributed by atoms with Gasteiger partial charge < -0.3 is 26.6 Å². The molecule has 0 heterocycles. The molecule has 0 aliphatic heterocycles. The monoisotopic (exact) mass is 321 g/mol. The minimum absolute atomic E-state index is 0.476. The lowest BCUT2D eigenvalue weighted by Crippen LogP contribution is -2.55. The summed E-state index contributed by atoms with van der Waals surface area (Å²) in [6.07, 6.45) is 1.12. The lowest BCUT2D eigenvalue weighted by Gasteiger charge is -2.21. The van der Waals surface area contributed by atoms with E-state index in [9.17, 15) is 19.5 Å². The molecule has 0 aromatic rings. The summed E-state index contributed by atoms with van der Waals surface area (Å²) in [5.41, 5.74) is 5.66. The van der Waals surface area contributed by atoms with Crippen LogP contribution in [0, 0.1) is 0 Å². The number of thioether (sulfide) groups is 1. The normalized spacial score (nSPS) is 16.4. The van der Waals surface area contributed by atoms with E-state index in [0.29, 0.717) is 6.42 Å². The van der Waals surface area contributed by atoms with E-state index in [-0.39, 0.29) is 0 Å². The van der Waals surface area contributed by atoms with Crippen molar-refractivity contribution >= 4 is 29.5 Å². The molecule has 4 atom stereocenters. The van der Waals surface area contributed by atoms with Gasteiger partial charge >= 0.3 is 5.97 Å². The van der Waals surface area contributed by atoms with Crippen molar-refractivity contribution in [2.45, 2.75) is 44.5 Å². The first-order valence-electron chi connectivity index (χ1n) is 6.46. The van der Waals surface area contributed by atoms with Gasteiger partial charge in [0, 0.05) is 0 Å². The first kappa shape index (κ1) is 19.7. The second-order valence-corrected chi connectivity index (χ2v) is 5.67. The molecule has 4 unspecified atom stereocenters. The lowest BCUT2D eigenvalue weighted by molar-refractivity contribution is -0.145. The highest BCUT2D eigenvalue weighted by molar-refractivity contribution is 7.98. The zero-order valence-corrected chi connectivity index (χ0v) is 13.1. The van der Waals surface area contributed by atoms with Crippen molar-refractivity contribution in [2.24, 2.45) is 5.73 Å². The second kappa shape index (κ2) is 9.59. The molecule has 9 heteroatoms. The Morgan fingerprint density at radius 3 is 2.19 bits per heavy atom. The van der Waals surface area contributed by atoms with E-state index in [1.165, 1.54) is 13.8 Å². The van der Waals surface area contributed by atoms with Gasteiger partial charge in [0.05, 0.1) is 12.1 Å². The molecule has 0 aromatic heterocycles. The Morgan fingerprint density at radius 1 is 1.19 bits per heavy atom. The summed E-state index contributed by atoms with van der Waals surface area (Å²) in [4.78, 5) is 34.4. The first-order chi connectivity index (χ1) is 9.70. The average molecular weight is 321 g/mol. The molecule has 0 saturated carbocycles. The Bertz CT molecular complexity index is 378. The third kappa shape index (κ3) is 7.30. The van der Waals surface area contributed by atoms with Crippen molar-refractivity contribution in [3.63, 3.8) is 0 Å². The van der Waals surface area contributed by atoms with E-state index in [2.05, 4.69) is 10.6 Å². The fraction of sp³-hybridized carbons (Fsp3) is 0.750. The Morgan fingerprint density at radius 2 is 1.76 bits per heavy atom. The van der Waals surface area contributed by atoms with E-state index in [4.69, 9.17) is 10.8 Å². The van der Waals surface area contributed by atoms with Gasteiger partial charge in [0.2, 0.25) is 11.8 Å². The predicted octanol–water partition coefficient (Wildman–Crippen LogP) is -1.48. The number of hydrogen-bond donors (Lipinski definition) is 5. The maximum absolute atomic E-state index is 11.8. The lowest BCUT2D eigenvalue weighted by atomic mass is 10.1. The second-order valence-electron chi connectivity index (χ2n) is 4.68. The van der Waals surface area contributed by atoms with Gasteiger partial charge in [-0.1, -0.05) is 0 Å². The molecule has 0 rings (SSSR count). The Balaban J connectivity index is 4.44. The van der Waals surface area contributed by atoms with E-state index in [0.717, 1.165) is 5.75 Å². The number of nitrogens with two attached hydrogens (primary N) is 1. The summed E-state index contributed by atoms with van der Waals surface area (Å²) in [7, 11) is 0. The first-order valence-corrected chi connectivity index (χ1v) is 7.86. The highest BCUT2D eigenvalue weighted by Crippen LogP contribution is 2.00. The SMILES string of the molecule is CSCCC(N)C(=O)NC(C)C(=O)NC(C(=O)O)C(C)O. The van der Waals surface area contributed by atoms with Crippen molar-refractivity contribution in [2.75, 3.05) is 12.0 Å². The highest BCUT2D eigenvalue weighted by Gasteiger charge is 2.28. The molecule has 0 aliphatic carbocycles. The minimum atomic E-state index is -1.43. The van der Waals surface area contributed by atoms with Gasteiger partial charge in [0.15, 0.2) is 6.04 Å². The third-order valence-electron chi connectivity index (χ3n) is 2.77. The molecule has 0 aliphatic rings. The van der Waals surface area contributed by atoms with Gasteiger partial charge in [-0.3, -0.25) is 9.59 Å². The molecule has 21 heavy (non-hydrogen) atoms. The number of aliphatic hydroxyl groups excluding tert-OH is 1. The molecule has 0 spiro atoms. The smallest absolute Gasteiger partial charge is 0.328 e. The van der Waals surface area contributed by atoms with Crippen LogP contribution in [0.1, 0.15) is 20.3 Å². The van der Waals surface area contributed by atoms with Crippen molar-refractivity contribution in [3.05, 3.63) is 0 Å². The molecule has 122 valence electrons. The molecular weight excluding hydrogens is 298 g/mol. The number of aliphatic carboxylic acids is 1. The summed E-state index contributed by atoms with van der Waals surface area (Å²) >= 11 is 1.56. The van der Waals surface area contributed by atoms with E-state index in [1.807, 2.05) is 6.26 Å². The quantitative estimate of drug-likeness (QED) is 0.349. The largest absolute Gasteiger partial charge is 0.480 e. The van der Waals surface area contributed by atoms with Crippen LogP contribution in [0.4, 0.5) is 0 Å². The van der Waals surface area contributed by atoms with Crippen LogP contribution in [-0.4, -0.2) is 64.2 Å². The highest BCUT2D eigenvalue weighted by atomic mass is 32.2. The molecule has 0 bridgehead atoms. The van der Waals surface area contributed by atoms with Crippen LogP contribution < -0.4 is 16.4 Å². The Hall–Kier alpha value is -1.32. The maximum atomic E-state index is 11.8. The minimum Gasteiger partial charge on any atom is -0.480 e. The van der Waals surface area contributed by atoms with Crippen LogP contribution in [0.2, 0.25) is 0 Å². The average Bonchev–Trinajstić information content (AvgIpc) is 2.40. The zero-order valence-electron chi connectivity index (χ0n) is 12.3. The van der Waals surface area contributed by atoms with E-state index in [1.54, 1.807) is 11.8 Å². The third-order valence-corrected chi connectivity index (χ3v) is 3.41. The molecule has 0 aromatic carbocycles. The maximum Gasteiger partial charge on any atom is 0.328 e. The number of carbonyl (C=O) groups is 3. The fourth-order valence-corrected chi connectivity index (χ4v) is 1.92. The number of amides is 2. The summed E-state index contributed by atoms with van der Waals surface area (Å²) in [6.45, 7) is 2.66. The molecule has 0 saturated heterocycles. The van der Waals surface area contributed by atoms with Gasteiger partial charge in [-0.05, 0) is 32.3 Å². The fourth-order valence-electron chi connectivity index (χ4n) is 1.43. The number of hydrogen-bond acceptors (Lipinski definition) is 6. The molecule has 0 fully saturated rings. The van der Waals surface area contributed by atoms with Crippen LogP contribution in [-0.2, 0) is 14.4 Å². The summed E-state index contributed by atoms with van der Waals surface area (Å²) in [5, 5.41) is 22.7. The number of carbonyl (C=O) groups excluding carboxylic acids is 2. The van der Waals surface area contributed by atoms with Crippen molar-refractivity contribution < 1.29 is 24.6 Å². The molecule has 2 amide bonds. The van der Waals surface area contributed by atoms with Crippen LogP contribution in [0.5, 0.6) is 0 Å². The van der Waals surface area contributed by atoms with Gasteiger partial charge in [-0.15, -0.1) is 0 Å². The molecule has 0 radical (unpaired) electrons. The standard InChI is InChI=1S/C12H23N3O5S/c1-6(14-11(18)8(13)4-5-21-3)10(17)15-9(7(2)16)12(19)20/h6-9,16H,4-5,13H2,1-3H3,(H,14,18)(H,15,17)(H,19,20). The van der Waals surface area contributed by atoms with Crippen LogP contribution in [0.3, 0.4) is 0 Å². The Kier molecular flexibility index (Phi) is 8.98. The number of rotatable bonds is 9. The number of aliphatic hydroxyl groups is 1. The summed E-state index contributed by atoms with van der Waals surface area (Å²) in [6, 6.07) is -3.10. The van der Waals surface area contributed by atoms with Crippen LogP contribution in [0.25, 0.3) is 0 Å². The van der Waals surface area contributed by atoms with Gasteiger partial charge in [0.25, 0.3) is 0 Å². The number of nitrogens with one attached hydrogen (secondary N) is 2.